The first-order valence-electron chi connectivity index (χ1n) is 6.98. The highest BCUT2D eigenvalue weighted by molar-refractivity contribution is 5.91. The van der Waals surface area contributed by atoms with E-state index in [2.05, 4.69) is 17.6 Å². The molecule has 1 unspecified atom stereocenters. The maximum Gasteiger partial charge on any atom is 0.286 e. The molecule has 7 heteroatoms. The number of nitrogens with one attached hydrogen (secondary N) is 2. The van der Waals surface area contributed by atoms with E-state index in [0.717, 1.165) is 19.3 Å². The van der Waals surface area contributed by atoms with Crippen LogP contribution in [0.2, 0.25) is 0 Å². The second-order valence-electron chi connectivity index (χ2n) is 4.63. The normalized spacial score (nSPS) is 11.3. The van der Waals surface area contributed by atoms with Crippen LogP contribution in [0.5, 0.6) is 0 Å². The molecule has 0 radical (unpaired) electrons. The molecule has 1 rings (SSSR count). The molecule has 1 atom stereocenters. The fourth-order valence-corrected chi connectivity index (χ4v) is 1.78. The Balaban J connectivity index is 0.00000400. The van der Waals surface area contributed by atoms with Gasteiger partial charge in [0.25, 0.3) is 5.91 Å². The number of amides is 2. The van der Waals surface area contributed by atoms with Gasteiger partial charge >= 0.3 is 0 Å². The van der Waals surface area contributed by atoms with Crippen molar-refractivity contribution in [3.8, 4) is 0 Å². The van der Waals surface area contributed by atoms with Crippen molar-refractivity contribution in [2.75, 3.05) is 13.1 Å². The molecule has 0 aromatic carbocycles. The van der Waals surface area contributed by atoms with E-state index in [4.69, 9.17) is 10.2 Å². The quantitative estimate of drug-likeness (QED) is 0.642. The van der Waals surface area contributed by atoms with E-state index >= 15 is 0 Å². The zero-order valence-corrected chi connectivity index (χ0v) is 13.1. The minimum atomic E-state index is -0.316. The van der Waals surface area contributed by atoms with Gasteiger partial charge in [-0.3, -0.25) is 9.59 Å². The van der Waals surface area contributed by atoms with Gasteiger partial charge in [-0.2, -0.15) is 0 Å². The standard InChI is InChI=1S/C14H23N3O3.ClH/c1-2-3-5-11(10-15)17-13(18)7-8-16-14(19)12-6-4-9-20-12;/h4,6,9,11H,2-3,5,7-8,10,15H2,1H3,(H,16,19)(H,17,18);1H. The first-order chi connectivity index (χ1) is 9.67. The van der Waals surface area contributed by atoms with E-state index in [1.807, 2.05) is 0 Å². The molecule has 1 aromatic rings. The molecule has 0 fully saturated rings. The van der Waals surface area contributed by atoms with E-state index < -0.39 is 0 Å². The molecule has 0 aliphatic heterocycles. The summed E-state index contributed by atoms with van der Waals surface area (Å²) in [4.78, 5) is 23.3. The monoisotopic (exact) mass is 317 g/mol. The highest BCUT2D eigenvalue weighted by Gasteiger charge is 2.11. The smallest absolute Gasteiger partial charge is 0.286 e. The van der Waals surface area contributed by atoms with Crippen molar-refractivity contribution in [3.63, 3.8) is 0 Å². The van der Waals surface area contributed by atoms with Crippen LogP contribution in [-0.4, -0.2) is 30.9 Å². The van der Waals surface area contributed by atoms with Crippen LogP contribution in [0.15, 0.2) is 22.8 Å². The molecule has 0 saturated heterocycles. The minimum Gasteiger partial charge on any atom is -0.459 e. The van der Waals surface area contributed by atoms with Gasteiger partial charge in [0.05, 0.1) is 6.26 Å². The molecular weight excluding hydrogens is 294 g/mol. The number of nitrogens with two attached hydrogens (primary N) is 1. The maximum atomic E-state index is 11.7. The fourth-order valence-electron chi connectivity index (χ4n) is 1.78. The Labute approximate surface area is 131 Å². The number of halogens is 1. The SMILES string of the molecule is CCCCC(CN)NC(=O)CCNC(=O)c1ccco1.Cl. The van der Waals surface area contributed by atoms with Crippen LogP contribution in [0.1, 0.15) is 43.2 Å². The van der Waals surface area contributed by atoms with Gasteiger partial charge < -0.3 is 20.8 Å². The van der Waals surface area contributed by atoms with Crippen LogP contribution >= 0.6 is 12.4 Å². The Hall–Kier alpha value is -1.53. The third-order valence-corrected chi connectivity index (χ3v) is 2.94. The Morgan fingerprint density at radius 3 is 2.76 bits per heavy atom. The summed E-state index contributed by atoms with van der Waals surface area (Å²) in [5.74, 6) is -0.173. The van der Waals surface area contributed by atoms with Gasteiger partial charge in [-0.1, -0.05) is 19.8 Å². The molecule has 1 aromatic heterocycles. The van der Waals surface area contributed by atoms with Crippen LogP contribution in [0.25, 0.3) is 0 Å². The summed E-state index contributed by atoms with van der Waals surface area (Å²) in [6.07, 6.45) is 4.66. The summed E-state index contributed by atoms with van der Waals surface area (Å²) >= 11 is 0. The summed E-state index contributed by atoms with van der Waals surface area (Å²) in [5, 5.41) is 5.50. The molecule has 0 bridgehead atoms. The van der Waals surface area contributed by atoms with E-state index in [0.29, 0.717) is 6.54 Å². The predicted molar refractivity (Wildman–Crippen MR) is 83.4 cm³/mol. The van der Waals surface area contributed by atoms with Crippen molar-refractivity contribution in [1.29, 1.82) is 0 Å². The Morgan fingerprint density at radius 1 is 1.43 bits per heavy atom. The average Bonchev–Trinajstić information content (AvgIpc) is 2.97. The second kappa shape index (κ2) is 11.2. The number of carbonyl (C=O) groups is 2. The molecule has 2 amide bonds. The fraction of sp³-hybridized carbons (Fsp3) is 0.571. The number of carbonyl (C=O) groups excluding carboxylic acids is 2. The number of furan rings is 1. The van der Waals surface area contributed by atoms with Crippen LogP contribution in [0, 0.1) is 0 Å². The molecular formula is C14H24ClN3O3. The third kappa shape index (κ3) is 7.72. The van der Waals surface area contributed by atoms with Crippen LogP contribution in [0.4, 0.5) is 0 Å². The number of hydrogen-bond donors (Lipinski definition) is 3. The lowest BCUT2D eigenvalue weighted by Crippen LogP contribution is -2.41. The molecule has 0 aliphatic carbocycles. The van der Waals surface area contributed by atoms with Crippen LogP contribution in [0.3, 0.4) is 0 Å². The van der Waals surface area contributed by atoms with Gasteiger partial charge in [0.2, 0.25) is 5.91 Å². The zero-order chi connectivity index (χ0) is 14.8. The van der Waals surface area contributed by atoms with Gasteiger partial charge in [-0.25, -0.2) is 0 Å². The largest absolute Gasteiger partial charge is 0.459 e. The molecule has 4 N–H and O–H groups in total. The van der Waals surface area contributed by atoms with Gasteiger partial charge in [0.15, 0.2) is 5.76 Å². The van der Waals surface area contributed by atoms with Gasteiger partial charge in [0.1, 0.15) is 0 Å². The molecule has 0 aliphatic rings. The van der Waals surface area contributed by atoms with E-state index in [9.17, 15) is 9.59 Å². The first kappa shape index (κ1) is 19.5. The first-order valence-corrected chi connectivity index (χ1v) is 6.98. The van der Waals surface area contributed by atoms with E-state index in [1.54, 1.807) is 12.1 Å². The average molecular weight is 318 g/mol. The van der Waals surface area contributed by atoms with Gasteiger partial charge in [-0.05, 0) is 18.6 Å². The molecule has 120 valence electrons. The molecule has 0 saturated carbocycles. The highest BCUT2D eigenvalue weighted by atomic mass is 35.5. The van der Waals surface area contributed by atoms with Crippen molar-refractivity contribution in [2.45, 2.75) is 38.6 Å². The van der Waals surface area contributed by atoms with Crippen molar-refractivity contribution < 1.29 is 14.0 Å². The predicted octanol–water partition coefficient (Wildman–Crippen LogP) is 1.46. The highest BCUT2D eigenvalue weighted by Crippen LogP contribution is 2.00. The van der Waals surface area contributed by atoms with Gasteiger partial charge in [0, 0.05) is 25.6 Å². The summed E-state index contributed by atoms with van der Waals surface area (Å²) in [6, 6.07) is 3.23. The van der Waals surface area contributed by atoms with Crippen molar-refractivity contribution in [3.05, 3.63) is 24.2 Å². The molecule has 1 heterocycles. The topological polar surface area (TPSA) is 97.4 Å². The maximum absolute atomic E-state index is 11.7. The Kier molecular flexibility index (Phi) is 10.4. The summed E-state index contributed by atoms with van der Waals surface area (Å²) < 4.78 is 4.95. The Morgan fingerprint density at radius 2 is 2.19 bits per heavy atom. The summed E-state index contributed by atoms with van der Waals surface area (Å²) in [7, 11) is 0. The van der Waals surface area contributed by atoms with E-state index in [1.165, 1.54) is 6.26 Å². The number of unbranched alkanes of at least 4 members (excludes halogenated alkanes) is 1. The third-order valence-electron chi connectivity index (χ3n) is 2.94. The van der Waals surface area contributed by atoms with Crippen molar-refractivity contribution in [1.82, 2.24) is 10.6 Å². The molecule has 21 heavy (non-hydrogen) atoms. The zero-order valence-electron chi connectivity index (χ0n) is 12.3. The van der Waals surface area contributed by atoms with Crippen LogP contribution in [-0.2, 0) is 4.79 Å². The summed E-state index contributed by atoms with van der Waals surface area (Å²) in [5.41, 5.74) is 5.61. The summed E-state index contributed by atoms with van der Waals surface area (Å²) in [6.45, 7) is 2.81. The van der Waals surface area contributed by atoms with Gasteiger partial charge in [-0.15, -0.1) is 12.4 Å². The second-order valence-corrected chi connectivity index (χ2v) is 4.63. The van der Waals surface area contributed by atoms with Crippen molar-refractivity contribution in [2.24, 2.45) is 5.73 Å². The Bertz CT molecular complexity index is 410. The van der Waals surface area contributed by atoms with Crippen molar-refractivity contribution >= 4 is 24.2 Å². The lowest BCUT2D eigenvalue weighted by atomic mass is 10.1. The van der Waals surface area contributed by atoms with E-state index in [-0.39, 0.29) is 49.0 Å². The van der Waals surface area contributed by atoms with Crippen LogP contribution < -0.4 is 16.4 Å². The molecule has 6 nitrogen and oxygen atoms in total. The number of hydrogen-bond acceptors (Lipinski definition) is 4. The molecule has 0 spiro atoms. The minimum absolute atomic E-state index is 0. The lowest BCUT2D eigenvalue weighted by Gasteiger charge is -2.16. The number of rotatable bonds is 9. The lowest BCUT2D eigenvalue weighted by molar-refractivity contribution is -0.121.